The smallest absolute Gasteiger partial charge is 0.338 e. The molecule has 0 spiro atoms. The van der Waals surface area contributed by atoms with Crippen molar-refractivity contribution in [2.75, 3.05) is 14.2 Å². The number of hydrogen-bond donors (Lipinski definition) is 0. The second-order valence-electron chi connectivity index (χ2n) is 5.89. The van der Waals surface area contributed by atoms with E-state index < -0.39 is 5.97 Å². The summed E-state index contributed by atoms with van der Waals surface area (Å²) < 4.78 is 16.3. The fourth-order valence-corrected chi connectivity index (χ4v) is 2.85. The molecule has 0 atom stereocenters. The molecule has 0 amide bonds. The van der Waals surface area contributed by atoms with Crippen LogP contribution in [-0.2, 0) is 4.79 Å². The van der Waals surface area contributed by atoms with Gasteiger partial charge >= 0.3 is 5.97 Å². The van der Waals surface area contributed by atoms with E-state index in [9.17, 15) is 4.79 Å². The zero-order chi connectivity index (χ0) is 18.7. The maximum atomic E-state index is 11.7. The number of methoxy groups -OCH3 is 2. The van der Waals surface area contributed by atoms with Gasteiger partial charge in [-0.25, -0.2) is 4.79 Å². The van der Waals surface area contributed by atoms with Gasteiger partial charge in [0, 0.05) is 22.6 Å². The highest BCUT2D eigenvalue weighted by Crippen LogP contribution is 2.39. The van der Waals surface area contributed by atoms with Gasteiger partial charge in [0.05, 0.1) is 14.2 Å². The molecule has 26 heavy (non-hydrogen) atoms. The van der Waals surface area contributed by atoms with Gasteiger partial charge in [0.25, 0.3) is 0 Å². The van der Waals surface area contributed by atoms with Crippen molar-refractivity contribution in [1.29, 1.82) is 0 Å². The first kappa shape index (κ1) is 17.5. The van der Waals surface area contributed by atoms with Crippen LogP contribution in [0.15, 0.2) is 66.7 Å². The Labute approximate surface area is 152 Å². The van der Waals surface area contributed by atoms with Gasteiger partial charge < -0.3 is 14.2 Å². The molecule has 0 saturated carbocycles. The SMILES string of the molecule is C=C(C)C(=O)Oc1ccc(-c2cccc3c(OC)cccc23)c(OC)c1. The highest BCUT2D eigenvalue weighted by atomic mass is 16.5. The summed E-state index contributed by atoms with van der Waals surface area (Å²) in [5.74, 6) is 1.38. The van der Waals surface area contributed by atoms with Crippen LogP contribution in [0.3, 0.4) is 0 Å². The Bertz CT molecular complexity index is 989. The normalized spacial score (nSPS) is 10.4. The molecule has 3 rings (SSSR count). The Hall–Kier alpha value is -3.27. The minimum absolute atomic E-state index is 0.342. The van der Waals surface area contributed by atoms with E-state index in [1.54, 1.807) is 33.3 Å². The molecule has 4 nitrogen and oxygen atoms in total. The third kappa shape index (κ3) is 3.26. The molecule has 132 valence electrons. The maximum Gasteiger partial charge on any atom is 0.338 e. The molecule has 0 fully saturated rings. The van der Waals surface area contributed by atoms with Crippen molar-refractivity contribution >= 4 is 16.7 Å². The summed E-state index contributed by atoms with van der Waals surface area (Å²) in [5.41, 5.74) is 2.26. The topological polar surface area (TPSA) is 44.8 Å². The average molecular weight is 348 g/mol. The summed E-state index contributed by atoms with van der Waals surface area (Å²) in [6, 6.07) is 17.3. The molecule has 3 aromatic rings. The third-order valence-electron chi connectivity index (χ3n) is 4.12. The fraction of sp³-hybridized carbons (Fsp3) is 0.136. The quantitative estimate of drug-likeness (QED) is 0.369. The predicted octanol–water partition coefficient (Wildman–Crippen LogP) is 5.01. The Balaban J connectivity index is 2.11. The number of esters is 1. The molecule has 0 N–H and O–H groups in total. The van der Waals surface area contributed by atoms with Gasteiger partial charge in [-0.15, -0.1) is 0 Å². The molecule has 3 aromatic carbocycles. The van der Waals surface area contributed by atoms with Crippen LogP contribution in [0.4, 0.5) is 0 Å². The van der Waals surface area contributed by atoms with E-state index in [1.807, 2.05) is 42.5 Å². The van der Waals surface area contributed by atoms with Crippen molar-refractivity contribution in [3.8, 4) is 28.4 Å². The summed E-state index contributed by atoms with van der Waals surface area (Å²) in [5, 5.41) is 2.07. The van der Waals surface area contributed by atoms with Crippen molar-refractivity contribution in [1.82, 2.24) is 0 Å². The Morgan fingerprint density at radius 1 is 0.846 bits per heavy atom. The Morgan fingerprint density at radius 3 is 2.23 bits per heavy atom. The van der Waals surface area contributed by atoms with E-state index in [0.29, 0.717) is 17.1 Å². The molecule has 0 heterocycles. The van der Waals surface area contributed by atoms with E-state index in [2.05, 4.69) is 6.58 Å². The minimum atomic E-state index is -0.463. The summed E-state index contributed by atoms with van der Waals surface area (Å²) >= 11 is 0. The van der Waals surface area contributed by atoms with Crippen molar-refractivity contribution in [3.63, 3.8) is 0 Å². The highest BCUT2D eigenvalue weighted by molar-refractivity contribution is 6.01. The Kier molecular flexibility index (Phi) is 4.94. The standard InChI is InChI=1S/C22H20O4/c1-14(2)22(23)26-15-11-12-19(21(13-15)25-4)17-7-5-9-18-16(17)8-6-10-20(18)24-3/h5-13H,1H2,2-4H3. The molecule has 4 heteroatoms. The lowest BCUT2D eigenvalue weighted by molar-refractivity contribution is -0.130. The van der Waals surface area contributed by atoms with Crippen LogP contribution < -0.4 is 14.2 Å². The first-order chi connectivity index (χ1) is 12.5. The molecular weight excluding hydrogens is 328 g/mol. The van der Waals surface area contributed by atoms with Crippen molar-refractivity contribution < 1.29 is 19.0 Å². The monoisotopic (exact) mass is 348 g/mol. The minimum Gasteiger partial charge on any atom is -0.496 e. The molecule has 0 aliphatic carbocycles. The predicted molar refractivity (Wildman–Crippen MR) is 103 cm³/mol. The molecule has 0 bridgehead atoms. The number of ether oxygens (including phenoxy) is 3. The number of carbonyl (C=O) groups excluding carboxylic acids is 1. The van der Waals surface area contributed by atoms with Crippen LogP contribution in [0.1, 0.15) is 6.92 Å². The maximum absolute atomic E-state index is 11.7. The van der Waals surface area contributed by atoms with Gasteiger partial charge in [0.15, 0.2) is 0 Å². The molecular formula is C22H20O4. The van der Waals surface area contributed by atoms with Crippen LogP contribution in [0.2, 0.25) is 0 Å². The number of hydrogen-bond acceptors (Lipinski definition) is 4. The third-order valence-corrected chi connectivity index (χ3v) is 4.12. The highest BCUT2D eigenvalue weighted by Gasteiger charge is 2.14. The van der Waals surface area contributed by atoms with Gasteiger partial charge in [-0.3, -0.25) is 0 Å². The van der Waals surface area contributed by atoms with Gasteiger partial charge in [-0.05, 0) is 36.1 Å². The van der Waals surface area contributed by atoms with Gasteiger partial charge in [-0.2, -0.15) is 0 Å². The van der Waals surface area contributed by atoms with Gasteiger partial charge in [0.1, 0.15) is 17.2 Å². The summed E-state index contributed by atoms with van der Waals surface area (Å²) in [4.78, 5) is 11.7. The molecule has 0 radical (unpaired) electrons. The van der Waals surface area contributed by atoms with E-state index >= 15 is 0 Å². The number of rotatable bonds is 5. The largest absolute Gasteiger partial charge is 0.496 e. The fourth-order valence-electron chi connectivity index (χ4n) is 2.85. The number of benzene rings is 3. The molecule has 0 aliphatic heterocycles. The van der Waals surface area contributed by atoms with Crippen LogP contribution in [0, 0.1) is 0 Å². The van der Waals surface area contributed by atoms with E-state index in [4.69, 9.17) is 14.2 Å². The van der Waals surface area contributed by atoms with Crippen LogP contribution >= 0.6 is 0 Å². The van der Waals surface area contributed by atoms with E-state index in [0.717, 1.165) is 27.6 Å². The lowest BCUT2D eigenvalue weighted by Crippen LogP contribution is -2.08. The summed E-state index contributed by atoms with van der Waals surface area (Å²) in [6.45, 7) is 5.20. The zero-order valence-electron chi connectivity index (χ0n) is 15.0. The lowest BCUT2D eigenvalue weighted by atomic mass is 9.97. The van der Waals surface area contributed by atoms with E-state index in [-0.39, 0.29) is 0 Å². The second kappa shape index (κ2) is 7.31. The number of carbonyl (C=O) groups is 1. The average Bonchev–Trinajstić information content (AvgIpc) is 2.66. The zero-order valence-corrected chi connectivity index (χ0v) is 15.0. The molecule has 0 aromatic heterocycles. The van der Waals surface area contributed by atoms with Crippen molar-refractivity contribution in [2.45, 2.75) is 6.92 Å². The van der Waals surface area contributed by atoms with Gasteiger partial charge in [0.2, 0.25) is 0 Å². The van der Waals surface area contributed by atoms with Crippen molar-refractivity contribution in [3.05, 3.63) is 66.7 Å². The van der Waals surface area contributed by atoms with Crippen LogP contribution in [0.5, 0.6) is 17.2 Å². The first-order valence-electron chi connectivity index (χ1n) is 8.17. The lowest BCUT2D eigenvalue weighted by Gasteiger charge is -2.14. The summed E-state index contributed by atoms with van der Waals surface area (Å²) in [7, 11) is 3.25. The molecule has 0 aliphatic rings. The van der Waals surface area contributed by atoms with Gasteiger partial charge in [-0.1, -0.05) is 36.9 Å². The van der Waals surface area contributed by atoms with Crippen LogP contribution in [-0.4, -0.2) is 20.2 Å². The Morgan fingerprint density at radius 2 is 1.54 bits per heavy atom. The number of fused-ring (bicyclic) bond motifs is 1. The first-order valence-corrected chi connectivity index (χ1v) is 8.17. The van der Waals surface area contributed by atoms with E-state index in [1.165, 1.54) is 0 Å². The van der Waals surface area contributed by atoms with Crippen LogP contribution in [0.25, 0.3) is 21.9 Å². The molecule has 0 unspecified atom stereocenters. The summed E-state index contributed by atoms with van der Waals surface area (Å²) in [6.07, 6.45) is 0. The second-order valence-corrected chi connectivity index (χ2v) is 5.89. The molecule has 0 saturated heterocycles. The van der Waals surface area contributed by atoms with Crippen molar-refractivity contribution in [2.24, 2.45) is 0 Å².